The number of hydrogen-bond donors (Lipinski definition) is 2. The summed E-state index contributed by atoms with van der Waals surface area (Å²) in [6.07, 6.45) is 0. The Hall–Kier alpha value is -1.48. The van der Waals surface area contributed by atoms with E-state index < -0.39 is 0 Å². The van der Waals surface area contributed by atoms with Gasteiger partial charge >= 0.3 is 0 Å². The Bertz CT molecular complexity index is 462. The van der Waals surface area contributed by atoms with Crippen LogP contribution in [0.5, 0.6) is 5.75 Å². The molecule has 0 atom stereocenters. The van der Waals surface area contributed by atoms with Crippen LogP contribution in [-0.4, -0.2) is 5.11 Å². The summed E-state index contributed by atoms with van der Waals surface area (Å²) in [4.78, 5) is 1.23. The van der Waals surface area contributed by atoms with Crippen LogP contribution in [0.2, 0.25) is 0 Å². The molecule has 0 unspecified atom stereocenters. The summed E-state index contributed by atoms with van der Waals surface area (Å²) in [6.45, 7) is 2.04. The first-order chi connectivity index (χ1) is 6.66. The number of phenolic OH excluding ortho intramolecular Hbond substituents is 1. The molecule has 0 aliphatic carbocycles. The summed E-state index contributed by atoms with van der Waals surface area (Å²) < 4.78 is 0. The van der Waals surface area contributed by atoms with Crippen molar-refractivity contribution in [1.29, 1.82) is 0 Å². The molecule has 3 heteroatoms. The molecule has 0 aliphatic heterocycles. The van der Waals surface area contributed by atoms with Gasteiger partial charge < -0.3 is 10.8 Å². The summed E-state index contributed by atoms with van der Waals surface area (Å²) in [6, 6.07) is 7.26. The van der Waals surface area contributed by atoms with Crippen LogP contribution >= 0.6 is 11.3 Å². The fraction of sp³-hybridized carbons (Fsp3) is 0.0909. The van der Waals surface area contributed by atoms with Crippen molar-refractivity contribution in [2.45, 2.75) is 6.92 Å². The molecule has 2 rings (SSSR count). The van der Waals surface area contributed by atoms with Crippen LogP contribution in [0.25, 0.3) is 11.1 Å². The largest absolute Gasteiger partial charge is 0.507 e. The van der Waals surface area contributed by atoms with Crippen molar-refractivity contribution in [2.75, 3.05) is 5.73 Å². The second-order valence-electron chi connectivity index (χ2n) is 3.22. The molecule has 14 heavy (non-hydrogen) atoms. The lowest BCUT2D eigenvalue weighted by Crippen LogP contribution is -1.84. The molecule has 0 amide bonds. The quantitative estimate of drug-likeness (QED) is 0.703. The highest BCUT2D eigenvalue weighted by Gasteiger charge is 2.05. The Labute approximate surface area is 86.6 Å². The zero-order valence-corrected chi connectivity index (χ0v) is 8.64. The first-order valence-corrected chi connectivity index (χ1v) is 5.19. The third kappa shape index (κ3) is 1.59. The average molecular weight is 205 g/mol. The van der Waals surface area contributed by atoms with E-state index in [0.29, 0.717) is 5.69 Å². The van der Waals surface area contributed by atoms with Gasteiger partial charge in [0.25, 0.3) is 0 Å². The Morgan fingerprint density at radius 1 is 1.29 bits per heavy atom. The molecule has 0 spiro atoms. The minimum atomic E-state index is 0.239. The van der Waals surface area contributed by atoms with Crippen LogP contribution in [0.15, 0.2) is 29.6 Å². The monoisotopic (exact) mass is 205 g/mol. The van der Waals surface area contributed by atoms with Gasteiger partial charge in [-0.15, -0.1) is 11.3 Å². The number of anilines is 1. The minimum Gasteiger partial charge on any atom is -0.507 e. The van der Waals surface area contributed by atoms with Gasteiger partial charge in [-0.05, 0) is 36.1 Å². The number of aryl methyl sites for hydroxylation is 1. The molecule has 1 aromatic heterocycles. The summed E-state index contributed by atoms with van der Waals surface area (Å²) in [7, 11) is 0. The predicted octanol–water partition coefficient (Wildman–Crippen LogP) is 3.01. The van der Waals surface area contributed by atoms with Gasteiger partial charge in [0.05, 0.1) is 0 Å². The molecule has 2 nitrogen and oxygen atoms in total. The van der Waals surface area contributed by atoms with Gasteiger partial charge in [-0.1, -0.05) is 0 Å². The maximum atomic E-state index is 9.68. The first kappa shape index (κ1) is 9.09. The Morgan fingerprint density at radius 3 is 2.64 bits per heavy atom. The van der Waals surface area contributed by atoms with Crippen molar-refractivity contribution >= 4 is 17.0 Å². The lowest BCUT2D eigenvalue weighted by molar-refractivity contribution is 0.477. The van der Waals surface area contributed by atoms with Gasteiger partial charge in [-0.3, -0.25) is 0 Å². The molecule has 2 aromatic rings. The zero-order valence-electron chi connectivity index (χ0n) is 7.82. The molecule has 0 fully saturated rings. The normalized spacial score (nSPS) is 10.4. The topological polar surface area (TPSA) is 46.2 Å². The Kier molecular flexibility index (Phi) is 2.17. The summed E-state index contributed by atoms with van der Waals surface area (Å²) >= 11 is 1.67. The second-order valence-corrected chi connectivity index (χ2v) is 4.34. The summed E-state index contributed by atoms with van der Waals surface area (Å²) in [5.41, 5.74) is 8.02. The highest BCUT2D eigenvalue weighted by molar-refractivity contribution is 7.10. The lowest BCUT2D eigenvalue weighted by atomic mass is 10.1. The van der Waals surface area contributed by atoms with E-state index in [4.69, 9.17) is 5.73 Å². The Morgan fingerprint density at radius 2 is 2.07 bits per heavy atom. The molecule has 1 aromatic carbocycles. The molecule has 0 saturated heterocycles. The van der Waals surface area contributed by atoms with Crippen molar-refractivity contribution in [3.8, 4) is 16.9 Å². The van der Waals surface area contributed by atoms with E-state index in [1.165, 1.54) is 4.88 Å². The second kappa shape index (κ2) is 3.35. The number of rotatable bonds is 1. The molecule has 72 valence electrons. The SMILES string of the molecule is Cc1cc(-c2ccc(N)cc2O)cs1. The number of nitrogen functional groups attached to an aromatic ring is 1. The van der Waals surface area contributed by atoms with E-state index in [9.17, 15) is 5.11 Å². The molecule has 0 radical (unpaired) electrons. The maximum Gasteiger partial charge on any atom is 0.125 e. The van der Waals surface area contributed by atoms with E-state index in [2.05, 4.69) is 6.07 Å². The highest BCUT2D eigenvalue weighted by atomic mass is 32.1. The van der Waals surface area contributed by atoms with E-state index in [1.807, 2.05) is 18.4 Å². The molecule has 0 aliphatic rings. The van der Waals surface area contributed by atoms with Gasteiger partial charge in [0.15, 0.2) is 0 Å². The molecule has 1 heterocycles. The molecular weight excluding hydrogens is 194 g/mol. The third-order valence-corrected chi connectivity index (χ3v) is 2.92. The van der Waals surface area contributed by atoms with Gasteiger partial charge in [0.1, 0.15) is 5.75 Å². The standard InChI is InChI=1S/C11H11NOS/c1-7-4-8(6-14-7)10-3-2-9(12)5-11(10)13/h2-6,13H,12H2,1H3. The van der Waals surface area contributed by atoms with Crippen LogP contribution in [-0.2, 0) is 0 Å². The number of hydrogen-bond acceptors (Lipinski definition) is 3. The van der Waals surface area contributed by atoms with Crippen molar-refractivity contribution in [2.24, 2.45) is 0 Å². The van der Waals surface area contributed by atoms with Crippen molar-refractivity contribution in [1.82, 2.24) is 0 Å². The fourth-order valence-electron chi connectivity index (χ4n) is 1.38. The van der Waals surface area contributed by atoms with Crippen molar-refractivity contribution < 1.29 is 5.11 Å². The van der Waals surface area contributed by atoms with Crippen LogP contribution in [0, 0.1) is 6.92 Å². The predicted molar refractivity (Wildman–Crippen MR) is 60.6 cm³/mol. The first-order valence-electron chi connectivity index (χ1n) is 4.31. The average Bonchev–Trinajstić information content (AvgIpc) is 2.51. The highest BCUT2D eigenvalue weighted by Crippen LogP contribution is 2.33. The van der Waals surface area contributed by atoms with Crippen LogP contribution < -0.4 is 5.73 Å². The zero-order chi connectivity index (χ0) is 10.1. The van der Waals surface area contributed by atoms with Crippen LogP contribution in [0.1, 0.15) is 4.88 Å². The summed E-state index contributed by atoms with van der Waals surface area (Å²) in [5, 5.41) is 11.7. The number of phenols is 1. The van der Waals surface area contributed by atoms with Crippen molar-refractivity contribution in [3.63, 3.8) is 0 Å². The van der Waals surface area contributed by atoms with Gasteiger partial charge in [0.2, 0.25) is 0 Å². The van der Waals surface area contributed by atoms with E-state index >= 15 is 0 Å². The van der Waals surface area contributed by atoms with Crippen molar-refractivity contribution in [3.05, 3.63) is 34.5 Å². The third-order valence-electron chi connectivity index (χ3n) is 2.06. The molecule has 3 N–H and O–H groups in total. The number of nitrogens with two attached hydrogens (primary N) is 1. The van der Waals surface area contributed by atoms with Gasteiger partial charge in [-0.25, -0.2) is 0 Å². The maximum absolute atomic E-state index is 9.68. The van der Waals surface area contributed by atoms with E-state index in [0.717, 1.165) is 11.1 Å². The minimum absolute atomic E-state index is 0.239. The van der Waals surface area contributed by atoms with Gasteiger partial charge in [0, 0.05) is 22.2 Å². The van der Waals surface area contributed by atoms with E-state index in [1.54, 1.807) is 23.5 Å². The lowest BCUT2D eigenvalue weighted by Gasteiger charge is -2.02. The van der Waals surface area contributed by atoms with Crippen LogP contribution in [0.4, 0.5) is 5.69 Å². The molecule has 0 bridgehead atoms. The fourth-order valence-corrected chi connectivity index (χ4v) is 2.08. The Balaban J connectivity index is 2.52. The van der Waals surface area contributed by atoms with Crippen LogP contribution in [0.3, 0.4) is 0 Å². The van der Waals surface area contributed by atoms with E-state index in [-0.39, 0.29) is 5.75 Å². The molecular formula is C11H11NOS. The van der Waals surface area contributed by atoms with Gasteiger partial charge in [-0.2, -0.15) is 0 Å². The summed E-state index contributed by atoms with van der Waals surface area (Å²) in [5.74, 6) is 0.239. The molecule has 0 saturated carbocycles. The smallest absolute Gasteiger partial charge is 0.125 e. The number of aromatic hydroxyl groups is 1. The number of thiophene rings is 1. The number of benzene rings is 1.